The zero-order valence-electron chi connectivity index (χ0n) is 12.6. The molecule has 1 unspecified atom stereocenters. The number of aryl methyl sites for hydroxylation is 1. The molecule has 0 aliphatic carbocycles. The van der Waals surface area contributed by atoms with Crippen LogP contribution in [0, 0.1) is 13.8 Å². The van der Waals surface area contributed by atoms with E-state index in [9.17, 15) is 9.59 Å². The fraction of sp³-hybridized carbons (Fsp3) is 0.529. The Bertz CT molecular complexity index is 522. The summed E-state index contributed by atoms with van der Waals surface area (Å²) in [5.41, 5.74) is 2.96. The third-order valence-electron chi connectivity index (χ3n) is 4.25. The molecule has 0 saturated carbocycles. The van der Waals surface area contributed by atoms with Crippen molar-refractivity contribution in [1.82, 2.24) is 4.90 Å². The second-order valence-corrected chi connectivity index (χ2v) is 5.80. The van der Waals surface area contributed by atoms with E-state index in [1.54, 1.807) is 6.92 Å². The Kier molecular flexibility index (Phi) is 4.58. The average molecular weight is 273 g/mol. The van der Waals surface area contributed by atoms with E-state index in [2.05, 4.69) is 0 Å². The second-order valence-electron chi connectivity index (χ2n) is 5.80. The van der Waals surface area contributed by atoms with Crippen molar-refractivity contribution in [2.75, 3.05) is 6.54 Å². The number of carbonyl (C=O) groups is 2. The predicted molar refractivity (Wildman–Crippen MR) is 79.9 cm³/mol. The first-order valence-corrected chi connectivity index (χ1v) is 7.37. The van der Waals surface area contributed by atoms with Gasteiger partial charge < -0.3 is 4.90 Å². The van der Waals surface area contributed by atoms with Crippen LogP contribution in [0.2, 0.25) is 0 Å². The van der Waals surface area contributed by atoms with E-state index in [4.69, 9.17) is 0 Å². The third-order valence-corrected chi connectivity index (χ3v) is 4.25. The molecule has 1 amide bonds. The molecule has 0 radical (unpaired) electrons. The molecule has 1 fully saturated rings. The third kappa shape index (κ3) is 3.09. The number of Topliss-reactive ketones (excluding diaryl/α,β-unsaturated/α-hetero) is 1. The van der Waals surface area contributed by atoms with Gasteiger partial charge in [-0.2, -0.15) is 0 Å². The molecular formula is C17H23NO2. The molecule has 1 heterocycles. The van der Waals surface area contributed by atoms with Gasteiger partial charge in [0.25, 0.3) is 5.91 Å². The number of likely N-dealkylation sites (tertiary alicyclic amines) is 1. The van der Waals surface area contributed by atoms with Crippen LogP contribution in [0.4, 0.5) is 0 Å². The number of hydrogen-bond donors (Lipinski definition) is 0. The summed E-state index contributed by atoms with van der Waals surface area (Å²) in [5.74, 6) is 0.243. The van der Waals surface area contributed by atoms with Crippen LogP contribution in [0.5, 0.6) is 0 Å². The van der Waals surface area contributed by atoms with E-state index in [0.29, 0.717) is 6.42 Å². The minimum Gasteiger partial charge on any atom is -0.335 e. The van der Waals surface area contributed by atoms with Crippen LogP contribution < -0.4 is 0 Å². The maximum Gasteiger partial charge on any atom is 0.254 e. The summed E-state index contributed by atoms with van der Waals surface area (Å²) in [6, 6.07) is 5.92. The van der Waals surface area contributed by atoms with E-state index in [0.717, 1.165) is 42.5 Å². The Morgan fingerprint density at radius 3 is 2.70 bits per heavy atom. The molecule has 0 N–H and O–H groups in total. The fourth-order valence-corrected chi connectivity index (χ4v) is 2.95. The number of carbonyl (C=O) groups excluding carboxylic acids is 2. The van der Waals surface area contributed by atoms with Gasteiger partial charge in [0.05, 0.1) is 0 Å². The van der Waals surface area contributed by atoms with Gasteiger partial charge in [-0.1, -0.05) is 12.1 Å². The van der Waals surface area contributed by atoms with Crippen molar-refractivity contribution in [3.8, 4) is 0 Å². The number of nitrogens with zero attached hydrogens (tertiary/aromatic N) is 1. The first-order chi connectivity index (χ1) is 9.50. The van der Waals surface area contributed by atoms with Crippen molar-refractivity contribution >= 4 is 11.7 Å². The van der Waals surface area contributed by atoms with Crippen molar-refractivity contribution in [2.24, 2.45) is 0 Å². The Labute approximate surface area is 121 Å². The number of ketones is 1. The lowest BCUT2D eigenvalue weighted by Crippen LogP contribution is -2.44. The van der Waals surface area contributed by atoms with Crippen LogP contribution in [0.3, 0.4) is 0 Å². The summed E-state index contributed by atoms with van der Waals surface area (Å²) in [4.78, 5) is 26.1. The molecule has 108 valence electrons. The van der Waals surface area contributed by atoms with Gasteiger partial charge in [0.1, 0.15) is 5.78 Å². The van der Waals surface area contributed by atoms with E-state index < -0.39 is 0 Å². The highest BCUT2D eigenvalue weighted by molar-refractivity contribution is 5.96. The average Bonchev–Trinajstić information content (AvgIpc) is 2.41. The Balaban J connectivity index is 2.25. The largest absolute Gasteiger partial charge is 0.335 e. The highest BCUT2D eigenvalue weighted by Gasteiger charge is 2.29. The first kappa shape index (κ1) is 14.8. The van der Waals surface area contributed by atoms with Gasteiger partial charge in [-0.15, -0.1) is 0 Å². The Morgan fingerprint density at radius 1 is 1.25 bits per heavy atom. The molecule has 1 aromatic rings. The van der Waals surface area contributed by atoms with Crippen LogP contribution in [0.15, 0.2) is 18.2 Å². The summed E-state index contributed by atoms with van der Waals surface area (Å²) < 4.78 is 0. The Hall–Kier alpha value is -1.64. The lowest BCUT2D eigenvalue weighted by molar-refractivity contribution is -0.118. The van der Waals surface area contributed by atoms with Crippen LogP contribution >= 0.6 is 0 Å². The number of benzene rings is 1. The molecule has 2 rings (SSSR count). The minimum atomic E-state index is 0.0775. The lowest BCUT2D eigenvalue weighted by atomic mass is 9.95. The maximum atomic E-state index is 12.8. The van der Waals surface area contributed by atoms with E-state index in [-0.39, 0.29) is 17.7 Å². The van der Waals surface area contributed by atoms with E-state index in [1.807, 2.05) is 36.9 Å². The molecule has 3 nitrogen and oxygen atoms in total. The summed E-state index contributed by atoms with van der Waals surface area (Å²) in [5, 5.41) is 0. The van der Waals surface area contributed by atoms with Crippen molar-refractivity contribution in [3.05, 3.63) is 34.9 Å². The van der Waals surface area contributed by atoms with Gasteiger partial charge in [0.2, 0.25) is 0 Å². The molecule has 1 aliphatic heterocycles. The van der Waals surface area contributed by atoms with E-state index >= 15 is 0 Å². The number of amides is 1. The first-order valence-electron chi connectivity index (χ1n) is 7.37. The molecule has 20 heavy (non-hydrogen) atoms. The summed E-state index contributed by atoms with van der Waals surface area (Å²) in [6.07, 6.45) is 3.56. The van der Waals surface area contributed by atoms with Crippen LogP contribution in [0.1, 0.15) is 54.1 Å². The highest BCUT2D eigenvalue weighted by Crippen LogP contribution is 2.24. The molecule has 1 atom stereocenters. The number of hydrogen-bond acceptors (Lipinski definition) is 2. The highest BCUT2D eigenvalue weighted by atomic mass is 16.2. The topological polar surface area (TPSA) is 37.4 Å². The SMILES string of the molecule is CC(=O)CC1CCCCN1C(=O)c1cccc(C)c1C. The van der Waals surface area contributed by atoms with Crippen molar-refractivity contribution in [2.45, 2.75) is 52.5 Å². The quantitative estimate of drug-likeness (QED) is 0.847. The van der Waals surface area contributed by atoms with Crippen LogP contribution in [0.25, 0.3) is 0 Å². The Morgan fingerprint density at radius 2 is 2.00 bits per heavy atom. The zero-order chi connectivity index (χ0) is 14.7. The molecule has 0 aromatic heterocycles. The maximum absolute atomic E-state index is 12.8. The monoisotopic (exact) mass is 273 g/mol. The van der Waals surface area contributed by atoms with Crippen LogP contribution in [-0.4, -0.2) is 29.2 Å². The summed E-state index contributed by atoms with van der Waals surface area (Å²) in [7, 11) is 0. The second kappa shape index (κ2) is 6.21. The lowest BCUT2D eigenvalue weighted by Gasteiger charge is -2.35. The normalized spacial score (nSPS) is 18.9. The van der Waals surface area contributed by atoms with Crippen LogP contribution in [-0.2, 0) is 4.79 Å². The van der Waals surface area contributed by atoms with Gasteiger partial charge in [-0.05, 0) is 57.2 Å². The van der Waals surface area contributed by atoms with Crippen molar-refractivity contribution < 1.29 is 9.59 Å². The summed E-state index contributed by atoms with van der Waals surface area (Å²) >= 11 is 0. The van der Waals surface area contributed by atoms with Crippen molar-refractivity contribution in [1.29, 1.82) is 0 Å². The van der Waals surface area contributed by atoms with Gasteiger partial charge in [0.15, 0.2) is 0 Å². The minimum absolute atomic E-state index is 0.0775. The molecule has 1 aromatic carbocycles. The summed E-state index contributed by atoms with van der Waals surface area (Å²) in [6.45, 7) is 6.39. The van der Waals surface area contributed by atoms with Gasteiger partial charge in [0, 0.05) is 24.6 Å². The number of piperidine rings is 1. The molecule has 0 bridgehead atoms. The molecule has 3 heteroatoms. The van der Waals surface area contributed by atoms with E-state index in [1.165, 1.54) is 0 Å². The van der Waals surface area contributed by atoms with Gasteiger partial charge in [-0.3, -0.25) is 9.59 Å². The standard InChI is InChI=1S/C17H23NO2/c1-12-7-6-9-16(14(12)3)17(20)18-10-5-4-8-15(18)11-13(2)19/h6-7,9,15H,4-5,8,10-11H2,1-3H3. The number of rotatable bonds is 3. The van der Waals surface area contributed by atoms with Gasteiger partial charge in [-0.25, -0.2) is 0 Å². The van der Waals surface area contributed by atoms with Gasteiger partial charge >= 0.3 is 0 Å². The smallest absolute Gasteiger partial charge is 0.254 e. The fourth-order valence-electron chi connectivity index (χ4n) is 2.95. The molecule has 1 saturated heterocycles. The molecule has 1 aliphatic rings. The molecular weight excluding hydrogens is 250 g/mol. The zero-order valence-corrected chi connectivity index (χ0v) is 12.6. The molecule has 0 spiro atoms. The predicted octanol–water partition coefficient (Wildman–Crippen LogP) is 3.28. The van der Waals surface area contributed by atoms with Crippen molar-refractivity contribution in [3.63, 3.8) is 0 Å².